The lowest BCUT2D eigenvalue weighted by atomic mass is 10.1. The minimum Gasteiger partial charge on any atom is -0.495 e. The van der Waals surface area contributed by atoms with Gasteiger partial charge in [-0.1, -0.05) is 0 Å². The van der Waals surface area contributed by atoms with E-state index in [0.717, 1.165) is 0 Å². The zero-order valence-corrected chi connectivity index (χ0v) is 10.1. The summed E-state index contributed by atoms with van der Waals surface area (Å²) in [6.07, 6.45) is -1.19. The van der Waals surface area contributed by atoms with Crippen molar-refractivity contribution in [2.24, 2.45) is 0 Å². The highest BCUT2D eigenvalue weighted by Gasteiger charge is 2.20. The number of hydrogen-bond acceptors (Lipinski definition) is 2. The van der Waals surface area contributed by atoms with E-state index in [2.05, 4.69) is 4.98 Å². The minimum atomic E-state index is -2.58. The first-order chi connectivity index (χ1) is 6.61. The van der Waals surface area contributed by atoms with Gasteiger partial charge in [0.1, 0.15) is 9.45 Å². The van der Waals surface area contributed by atoms with Gasteiger partial charge in [-0.05, 0) is 22.6 Å². The average molecular weight is 334 g/mol. The molecule has 1 rings (SSSR count). The Morgan fingerprint density at radius 1 is 1.64 bits per heavy atom. The highest BCUT2D eigenvalue weighted by molar-refractivity contribution is 14.1. The smallest absolute Gasteiger partial charge is 0.266 e. The second-order valence-electron chi connectivity index (χ2n) is 2.44. The van der Waals surface area contributed by atoms with Gasteiger partial charge in [-0.25, -0.2) is 13.8 Å². The van der Waals surface area contributed by atoms with Gasteiger partial charge >= 0.3 is 0 Å². The molecule has 0 aromatic carbocycles. The molecule has 1 aromatic heterocycles. The van der Waals surface area contributed by atoms with Gasteiger partial charge in [-0.2, -0.15) is 0 Å². The van der Waals surface area contributed by atoms with Crippen LogP contribution in [-0.2, 0) is 5.88 Å². The number of rotatable bonds is 3. The monoisotopic (exact) mass is 333 g/mol. The topological polar surface area (TPSA) is 22.1 Å². The van der Waals surface area contributed by atoms with Crippen LogP contribution in [0.3, 0.4) is 0 Å². The van der Waals surface area contributed by atoms with Crippen LogP contribution in [0.2, 0.25) is 0 Å². The fraction of sp³-hybridized carbons (Fsp3) is 0.375. The predicted octanol–water partition coefficient (Wildman–Crippen LogP) is 3.37. The molecule has 0 saturated heterocycles. The predicted molar refractivity (Wildman–Crippen MR) is 58.0 cm³/mol. The van der Waals surface area contributed by atoms with Gasteiger partial charge in [0.2, 0.25) is 0 Å². The van der Waals surface area contributed by atoms with Crippen LogP contribution in [0.1, 0.15) is 17.6 Å². The second-order valence-corrected chi connectivity index (χ2v) is 3.73. The number of aromatic nitrogens is 1. The molecule has 2 nitrogen and oxygen atoms in total. The van der Waals surface area contributed by atoms with Crippen molar-refractivity contribution in [1.82, 2.24) is 4.98 Å². The number of methoxy groups -OCH3 is 1. The van der Waals surface area contributed by atoms with Crippen LogP contribution >= 0.6 is 34.2 Å². The Balaban J connectivity index is 3.35. The lowest BCUT2D eigenvalue weighted by molar-refractivity contribution is 0.148. The Morgan fingerprint density at radius 3 is 2.71 bits per heavy atom. The molecule has 0 unspecified atom stereocenters. The molecule has 1 heterocycles. The largest absolute Gasteiger partial charge is 0.495 e. The molecule has 6 heteroatoms. The summed E-state index contributed by atoms with van der Waals surface area (Å²) in [7, 11) is 1.40. The van der Waals surface area contributed by atoms with Gasteiger partial charge in [0.05, 0.1) is 24.8 Å². The van der Waals surface area contributed by atoms with Gasteiger partial charge in [-0.3, -0.25) is 0 Å². The summed E-state index contributed by atoms with van der Waals surface area (Å²) in [4.78, 5) is 3.80. The molecule has 14 heavy (non-hydrogen) atoms. The molecule has 0 spiro atoms. The second kappa shape index (κ2) is 5.06. The van der Waals surface area contributed by atoms with Crippen molar-refractivity contribution in [3.63, 3.8) is 0 Å². The molecule has 0 fully saturated rings. The van der Waals surface area contributed by atoms with Crippen molar-refractivity contribution >= 4 is 34.2 Å². The van der Waals surface area contributed by atoms with E-state index >= 15 is 0 Å². The standard InChI is InChI=1S/C8H7ClF2INO/c1-14-5-3-13-8(12)6(7(10)11)4(5)2-9/h3,7H,2H2,1H3. The molecule has 0 amide bonds. The van der Waals surface area contributed by atoms with Crippen molar-refractivity contribution in [1.29, 1.82) is 0 Å². The zero-order chi connectivity index (χ0) is 10.7. The van der Waals surface area contributed by atoms with E-state index < -0.39 is 6.43 Å². The van der Waals surface area contributed by atoms with Crippen LogP contribution in [0.4, 0.5) is 8.78 Å². The Hall–Kier alpha value is -0.170. The normalized spacial score (nSPS) is 10.7. The Bertz CT molecular complexity index is 335. The maximum Gasteiger partial charge on any atom is 0.266 e. The van der Waals surface area contributed by atoms with Crippen molar-refractivity contribution in [3.05, 3.63) is 21.0 Å². The van der Waals surface area contributed by atoms with Crippen molar-refractivity contribution < 1.29 is 13.5 Å². The van der Waals surface area contributed by atoms with Gasteiger partial charge in [0, 0.05) is 5.56 Å². The van der Waals surface area contributed by atoms with E-state index in [0.29, 0.717) is 11.3 Å². The zero-order valence-electron chi connectivity index (χ0n) is 7.23. The Labute approximate surface area is 98.8 Å². The minimum absolute atomic E-state index is 0.0125. The van der Waals surface area contributed by atoms with E-state index in [1.54, 1.807) is 22.6 Å². The first-order valence-corrected chi connectivity index (χ1v) is 5.28. The van der Waals surface area contributed by atoms with Crippen LogP contribution in [0, 0.1) is 3.70 Å². The third-order valence-corrected chi connectivity index (χ3v) is 2.84. The lowest BCUT2D eigenvalue weighted by Gasteiger charge is -2.11. The van der Waals surface area contributed by atoms with Crippen molar-refractivity contribution in [3.8, 4) is 5.75 Å². The van der Waals surface area contributed by atoms with E-state index in [4.69, 9.17) is 16.3 Å². The van der Waals surface area contributed by atoms with Crippen LogP contribution in [0.5, 0.6) is 5.75 Å². The summed E-state index contributed by atoms with van der Waals surface area (Å²) in [5.74, 6) is 0.289. The molecule has 0 bridgehead atoms. The van der Waals surface area contributed by atoms with Crippen LogP contribution < -0.4 is 4.74 Å². The molecular formula is C8H7ClF2INO. The fourth-order valence-electron chi connectivity index (χ4n) is 1.06. The third-order valence-electron chi connectivity index (χ3n) is 1.71. The SMILES string of the molecule is COc1cnc(I)c(C(F)F)c1CCl. The van der Waals surface area contributed by atoms with E-state index in [1.807, 2.05) is 0 Å². The number of pyridine rings is 1. The molecular weight excluding hydrogens is 326 g/mol. The van der Waals surface area contributed by atoms with Crippen LogP contribution in [-0.4, -0.2) is 12.1 Å². The fourth-order valence-corrected chi connectivity index (χ4v) is 2.03. The third kappa shape index (κ3) is 2.25. The van der Waals surface area contributed by atoms with Gasteiger partial charge in [0.15, 0.2) is 0 Å². The van der Waals surface area contributed by atoms with Gasteiger partial charge < -0.3 is 4.74 Å². The van der Waals surface area contributed by atoms with Gasteiger partial charge in [0.25, 0.3) is 6.43 Å². The Kier molecular flexibility index (Phi) is 4.31. The molecule has 0 radical (unpaired) electrons. The summed E-state index contributed by atoms with van der Waals surface area (Å²) in [5.41, 5.74) is 0.170. The summed E-state index contributed by atoms with van der Waals surface area (Å²) in [6, 6.07) is 0. The lowest BCUT2D eigenvalue weighted by Crippen LogP contribution is -2.02. The van der Waals surface area contributed by atoms with Crippen molar-refractivity contribution in [2.75, 3.05) is 7.11 Å². The molecule has 0 aliphatic rings. The summed E-state index contributed by atoms with van der Waals surface area (Å²) >= 11 is 7.34. The van der Waals surface area contributed by atoms with Gasteiger partial charge in [-0.15, -0.1) is 11.6 Å². The number of ether oxygens (including phenoxy) is 1. The maximum absolute atomic E-state index is 12.6. The number of hydrogen-bond donors (Lipinski definition) is 0. The summed E-state index contributed by atoms with van der Waals surface area (Å²) in [6.45, 7) is 0. The van der Waals surface area contributed by atoms with Crippen LogP contribution in [0.25, 0.3) is 0 Å². The van der Waals surface area contributed by atoms with E-state index in [1.165, 1.54) is 13.3 Å². The van der Waals surface area contributed by atoms with E-state index in [9.17, 15) is 8.78 Å². The summed E-state index contributed by atoms with van der Waals surface area (Å²) in [5, 5.41) is 0. The van der Waals surface area contributed by atoms with E-state index in [-0.39, 0.29) is 15.1 Å². The van der Waals surface area contributed by atoms with Crippen LogP contribution in [0.15, 0.2) is 6.20 Å². The Morgan fingerprint density at radius 2 is 2.29 bits per heavy atom. The molecule has 78 valence electrons. The molecule has 0 N–H and O–H groups in total. The average Bonchev–Trinajstić information content (AvgIpc) is 2.16. The molecule has 1 aromatic rings. The quantitative estimate of drug-likeness (QED) is 0.481. The number of nitrogens with zero attached hydrogens (tertiary/aromatic N) is 1. The molecule has 0 aliphatic heterocycles. The highest BCUT2D eigenvalue weighted by Crippen LogP contribution is 2.33. The molecule has 0 saturated carbocycles. The molecule has 0 aliphatic carbocycles. The summed E-state index contributed by atoms with van der Waals surface area (Å²) < 4.78 is 30.4. The first kappa shape index (κ1) is 11.9. The number of halogens is 4. The molecule has 0 atom stereocenters. The first-order valence-electron chi connectivity index (χ1n) is 3.67. The number of alkyl halides is 3. The highest BCUT2D eigenvalue weighted by atomic mass is 127. The van der Waals surface area contributed by atoms with Crippen molar-refractivity contribution in [2.45, 2.75) is 12.3 Å². The maximum atomic E-state index is 12.6.